The van der Waals surface area contributed by atoms with E-state index < -0.39 is 0 Å². The van der Waals surface area contributed by atoms with Crippen LogP contribution in [-0.4, -0.2) is 17.0 Å². The number of benzene rings is 1. The van der Waals surface area contributed by atoms with Crippen LogP contribution in [-0.2, 0) is 6.54 Å². The van der Waals surface area contributed by atoms with Crippen molar-refractivity contribution in [3.05, 3.63) is 39.8 Å². The van der Waals surface area contributed by atoms with Gasteiger partial charge in [0.25, 0.3) is 0 Å². The van der Waals surface area contributed by atoms with Crippen LogP contribution >= 0.6 is 11.6 Å². The van der Waals surface area contributed by atoms with Gasteiger partial charge in [0, 0.05) is 5.56 Å². The van der Waals surface area contributed by atoms with E-state index in [-0.39, 0.29) is 0 Å². The summed E-state index contributed by atoms with van der Waals surface area (Å²) in [5.74, 6) is 0.858. The second-order valence-corrected chi connectivity index (χ2v) is 5.03. The maximum Gasteiger partial charge on any atom is 0.134 e. The average Bonchev–Trinajstić information content (AvgIpc) is 2.59. The molecular weight excluding hydrogens is 246 g/mol. The lowest BCUT2D eigenvalue weighted by atomic mass is 9.98. The molecule has 2 aromatic rings. The van der Waals surface area contributed by atoms with Gasteiger partial charge in [0.05, 0.1) is 6.54 Å². The molecule has 0 fully saturated rings. The normalized spacial score (nSPS) is 10.9. The fourth-order valence-corrected chi connectivity index (χ4v) is 2.61. The summed E-state index contributed by atoms with van der Waals surface area (Å²) in [4.78, 5) is 7.68. The number of nitrogens with zero attached hydrogens (tertiary/aromatic N) is 1. The molecule has 0 saturated carbocycles. The van der Waals surface area contributed by atoms with Gasteiger partial charge in [-0.3, -0.25) is 0 Å². The van der Waals surface area contributed by atoms with Crippen LogP contribution in [0.1, 0.15) is 22.5 Å². The van der Waals surface area contributed by atoms with Gasteiger partial charge >= 0.3 is 0 Å². The van der Waals surface area contributed by atoms with E-state index in [9.17, 15) is 0 Å². The minimum Gasteiger partial charge on any atom is -0.331 e. The summed E-state index contributed by atoms with van der Waals surface area (Å²) >= 11 is 6.25. The highest BCUT2D eigenvalue weighted by atomic mass is 35.5. The van der Waals surface area contributed by atoms with E-state index in [1.165, 1.54) is 16.7 Å². The Balaban J connectivity index is 2.55. The quantitative estimate of drug-likeness (QED) is 0.891. The molecule has 0 bridgehead atoms. The van der Waals surface area contributed by atoms with Crippen molar-refractivity contribution in [2.75, 3.05) is 7.05 Å². The largest absolute Gasteiger partial charge is 0.331 e. The number of rotatable bonds is 3. The van der Waals surface area contributed by atoms with Crippen molar-refractivity contribution < 1.29 is 0 Å². The van der Waals surface area contributed by atoms with Crippen molar-refractivity contribution in [3.8, 4) is 11.3 Å². The lowest BCUT2D eigenvalue weighted by Crippen LogP contribution is -2.06. The lowest BCUT2D eigenvalue weighted by Gasteiger charge is -2.09. The van der Waals surface area contributed by atoms with Crippen molar-refractivity contribution >= 4 is 11.6 Å². The molecule has 0 aliphatic carbocycles. The van der Waals surface area contributed by atoms with Gasteiger partial charge < -0.3 is 10.3 Å². The Hall–Kier alpha value is -1.32. The van der Waals surface area contributed by atoms with E-state index in [0.29, 0.717) is 11.7 Å². The van der Waals surface area contributed by atoms with Crippen LogP contribution in [0.4, 0.5) is 0 Å². The molecule has 0 radical (unpaired) electrons. The third kappa shape index (κ3) is 2.42. The minimum atomic E-state index is 0.607. The molecule has 2 N–H and O–H groups in total. The lowest BCUT2D eigenvalue weighted by molar-refractivity contribution is 0.772. The monoisotopic (exact) mass is 263 g/mol. The molecule has 0 atom stereocenters. The molecule has 0 amide bonds. The van der Waals surface area contributed by atoms with Crippen LogP contribution in [0.3, 0.4) is 0 Å². The maximum absolute atomic E-state index is 6.25. The van der Waals surface area contributed by atoms with Crippen molar-refractivity contribution in [2.24, 2.45) is 0 Å². The number of hydrogen-bond acceptors (Lipinski definition) is 2. The Morgan fingerprint density at radius 1 is 1.22 bits per heavy atom. The minimum absolute atomic E-state index is 0.607. The molecule has 1 heterocycles. The summed E-state index contributed by atoms with van der Waals surface area (Å²) in [6.07, 6.45) is 0. The number of aryl methyl sites for hydroxylation is 3. The fourth-order valence-electron chi connectivity index (χ4n) is 2.37. The first-order valence-corrected chi connectivity index (χ1v) is 6.38. The van der Waals surface area contributed by atoms with Gasteiger partial charge in [0.2, 0.25) is 0 Å². The highest BCUT2D eigenvalue weighted by Gasteiger charge is 2.14. The fraction of sp³-hybridized carbons (Fsp3) is 0.357. The van der Waals surface area contributed by atoms with Gasteiger partial charge in [0.15, 0.2) is 0 Å². The zero-order chi connectivity index (χ0) is 13.3. The number of imidazole rings is 1. The Morgan fingerprint density at radius 2 is 1.83 bits per heavy atom. The zero-order valence-corrected chi connectivity index (χ0v) is 11.9. The predicted octanol–water partition coefficient (Wildman–Crippen LogP) is 3.37. The SMILES string of the molecule is CNCc1nc(-c2c(C)cc(C)cc2C)c(Cl)[nH]1. The van der Waals surface area contributed by atoms with Crippen LogP contribution < -0.4 is 5.32 Å². The van der Waals surface area contributed by atoms with Gasteiger partial charge in [-0.15, -0.1) is 0 Å². The number of nitrogens with one attached hydrogen (secondary N) is 2. The molecule has 0 saturated heterocycles. The van der Waals surface area contributed by atoms with Gasteiger partial charge in [-0.05, 0) is 38.9 Å². The van der Waals surface area contributed by atoms with Crippen LogP contribution in [0, 0.1) is 20.8 Å². The standard InChI is InChI=1S/C14H18ClN3/c1-8-5-9(2)12(10(3)6-8)13-14(15)18-11(17-13)7-16-4/h5-6,16H,7H2,1-4H3,(H,17,18). The predicted molar refractivity (Wildman–Crippen MR) is 76.0 cm³/mol. The third-order valence-corrected chi connectivity index (χ3v) is 3.24. The van der Waals surface area contributed by atoms with E-state index in [1.807, 2.05) is 7.05 Å². The molecule has 18 heavy (non-hydrogen) atoms. The van der Waals surface area contributed by atoms with Crippen molar-refractivity contribution in [3.63, 3.8) is 0 Å². The second kappa shape index (κ2) is 5.12. The molecule has 1 aromatic carbocycles. The summed E-state index contributed by atoms with van der Waals surface area (Å²) in [6, 6.07) is 4.32. The Labute approximate surface area is 113 Å². The highest BCUT2D eigenvalue weighted by Crippen LogP contribution is 2.31. The molecule has 4 heteroatoms. The number of aromatic amines is 1. The Bertz CT molecular complexity index is 549. The molecule has 3 nitrogen and oxygen atoms in total. The molecule has 2 rings (SSSR count). The van der Waals surface area contributed by atoms with Crippen LogP contribution in [0.2, 0.25) is 5.15 Å². The smallest absolute Gasteiger partial charge is 0.134 e. The van der Waals surface area contributed by atoms with Gasteiger partial charge in [0.1, 0.15) is 16.7 Å². The molecule has 0 spiro atoms. The molecule has 96 valence electrons. The van der Waals surface area contributed by atoms with E-state index in [2.05, 4.69) is 48.2 Å². The average molecular weight is 264 g/mol. The van der Waals surface area contributed by atoms with Gasteiger partial charge in [-0.2, -0.15) is 0 Å². The Kier molecular flexibility index (Phi) is 3.73. The van der Waals surface area contributed by atoms with Crippen LogP contribution in [0.5, 0.6) is 0 Å². The van der Waals surface area contributed by atoms with Crippen LogP contribution in [0.25, 0.3) is 11.3 Å². The Morgan fingerprint density at radius 3 is 2.39 bits per heavy atom. The van der Waals surface area contributed by atoms with Crippen molar-refractivity contribution in [1.29, 1.82) is 0 Å². The molecule has 0 aliphatic heterocycles. The van der Waals surface area contributed by atoms with E-state index in [1.54, 1.807) is 0 Å². The summed E-state index contributed by atoms with van der Waals surface area (Å²) in [5, 5.41) is 3.67. The van der Waals surface area contributed by atoms with Gasteiger partial charge in [-0.25, -0.2) is 4.98 Å². The summed E-state index contributed by atoms with van der Waals surface area (Å²) in [7, 11) is 1.89. The number of H-pyrrole nitrogens is 1. The first-order chi connectivity index (χ1) is 8.52. The van der Waals surface area contributed by atoms with E-state index >= 15 is 0 Å². The molecule has 0 aliphatic rings. The third-order valence-electron chi connectivity index (χ3n) is 2.97. The number of hydrogen-bond donors (Lipinski definition) is 2. The maximum atomic E-state index is 6.25. The summed E-state index contributed by atoms with van der Waals surface area (Å²) in [5.41, 5.74) is 5.64. The second-order valence-electron chi connectivity index (χ2n) is 4.65. The summed E-state index contributed by atoms with van der Waals surface area (Å²) in [6.45, 7) is 6.97. The molecular formula is C14H18ClN3. The molecule has 0 unspecified atom stereocenters. The number of halogens is 1. The van der Waals surface area contributed by atoms with E-state index in [0.717, 1.165) is 17.1 Å². The van der Waals surface area contributed by atoms with Crippen molar-refractivity contribution in [2.45, 2.75) is 27.3 Å². The van der Waals surface area contributed by atoms with Gasteiger partial charge in [-0.1, -0.05) is 29.3 Å². The zero-order valence-electron chi connectivity index (χ0n) is 11.2. The topological polar surface area (TPSA) is 40.7 Å². The molecule has 1 aromatic heterocycles. The first-order valence-electron chi connectivity index (χ1n) is 6.00. The number of aromatic nitrogens is 2. The van der Waals surface area contributed by atoms with Crippen LogP contribution in [0.15, 0.2) is 12.1 Å². The highest BCUT2D eigenvalue weighted by molar-refractivity contribution is 6.32. The van der Waals surface area contributed by atoms with E-state index in [4.69, 9.17) is 11.6 Å². The summed E-state index contributed by atoms with van der Waals surface area (Å²) < 4.78 is 0. The van der Waals surface area contributed by atoms with Crippen molar-refractivity contribution in [1.82, 2.24) is 15.3 Å². The first kappa shape index (κ1) is 13.1.